The number of carbonyl (C=O) groups excluding carboxylic acids is 2. The third kappa shape index (κ3) is 8.60. The van der Waals surface area contributed by atoms with Gasteiger partial charge < -0.3 is 20.5 Å². The van der Waals surface area contributed by atoms with Gasteiger partial charge in [0.1, 0.15) is 18.7 Å². The van der Waals surface area contributed by atoms with Gasteiger partial charge in [-0.05, 0) is 23.5 Å². The summed E-state index contributed by atoms with van der Waals surface area (Å²) in [5.41, 5.74) is 1.17. The van der Waals surface area contributed by atoms with E-state index in [1.54, 1.807) is 12.1 Å². The Balaban J connectivity index is 2.01. The summed E-state index contributed by atoms with van der Waals surface area (Å²) in [5, 5.41) is 25.3. The molecule has 0 aliphatic heterocycles. The lowest BCUT2D eigenvalue weighted by atomic mass is 10.0. The van der Waals surface area contributed by atoms with Gasteiger partial charge in [0.15, 0.2) is 0 Å². The molecule has 0 spiro atoms. The zero-order valence-corrected chi connectivity index (χ0v) is 18.4. The molecule has 0 aliphatic rings. The van der Waals surface area contributed by atoms with Crippen molar-refractivity contribution in [3.8, 4) is 0 Å². The van der Waals surface area contributed by atoms with Crippen LogP contribution in [0, 0.1) is 16.0 Å². The lowest BCUT2D eigenvalue weighted by Gasteiger charge is -2.22. The molecule has 2 atom stereocenters. The molecule has 2 amide bonds. The van der Waals surface area contributed by atoms with Crippen LogP contribution in [0.25, 0.3) is 0 Å². The number of ether oxygens (including phenoxy) is 1. The van der Waals surface area contributed by atoms with Gasteiger partial charge in [-0.2, -0.15) is 0 Å². The molecule has 0 radical (unpaired) electrons. The number of nitro benzene ring substituents is 1. The number of carboxylic acid groups (broad SMARTS) is 1. The maximum atomic E-state index is 12.8. The lowest BCUT2D eigenvalue weighted by molar-refractivity contribution is -0.384. The standard InChI is InChI=1S/C23H27N3O7/c1-15(2)12-19(25-23(30)33-14-17-6-4-3-5-7-17)21(27)24-20(22(28)29)13-16-8-10-18(11-9-16)26(31)32/h3-11,15,19-20H,12-14H2,1-2H3,(H,24,27)(H,25,30)(H,28,29)/t19-,20+/m0/s1. The average molecular weight is 457 g/mol. The maximum absolute atomic E-state index is 12.8. The van der Waals surface area contributed by atoms with E-state index < -0.39 is 35.0 Å². The minimum atomic E-state index is -1.28. The van der Waals surface area contributed by atoms with Gasteiger partial charge in [-0.1, -0.05) is 56.3 Å². The maximum Gasteiger partial charge on any atom is 0.408 e. The highest BCUT2D eigenvalue weighted by Crippen LogP contribution is 2.14. The predicted molar refractivity (Wildman–Crippen MR) is 119 cm³/mol. The number of nitrogens with zero attached hydrogens (tertiary/aromatic N) is 1. The lowest BCUT2D eigenvalue weighted by Crippen LogP contribution is -2.52. The molecule has 3 N–H and O–H groups in total. The first-order valence-corrected chi connectivity index (χ1v) is 10.4. The van der Waals surface area contributed by atoms with Crippen LogP contribution in [0.4, 0.5) is 10.5 Å². The van der Waals surface area contributed by atoms with Gasteiger partial charge >= 0.3 is 12.1 Å². The number of rotatable bonds is 11. The Hall–Kier alpha value is -3.95. The molecule has 0 aromatic heterocycles. The predicted octanol–water partition coefficient (Wildman–Crippen LogP) is 3.05. The molecule has 10 heteroatoms. The van der Waals surface area contributed by atoms with Crippen molar-refractivity contribution in [2.75, 3.05) is 0 Å². The van der Waals surface area contributed by atoms with Crippen LogP contribution >= 0.6 is 0 Å². The quantitative estimate of drug-likeness (QED) is 0.347. The minimum Gasteiger partial charge on any atom is -0.480 e. The zero-order chi connectivity index (χ0) is 24.4. The number of nitrogens with one attached hydrogen (secondary N) is 2. The second-order valence-electron chi connectivity index (χ2n) is 7.92. The highest BCUT2D eigenvalue weighted by Gasteiger charge is 2.28. The van der Waals surface area contributed by atoms with E-state index in [-0.39, 0.29) is 31.1 Å². The van der Waals surface area contributed by atoms with Crippen molar-refractivity contribution < 1.29 is 29.2 Å². The molecule has 10 nitrogen and oxygen atoms in total. The summed E-state index contributed by atoms with van der Waals surface area (Å²) in [5.74, 6) is -1.89. The summed E-state index contributed by atoms with van der Waals surface area (Å²) in [6.07, 6.45) is -0.593. The number of hydrogen-bond donors (Lipinski definition) is 3. The molecule has 0 bridgehead atoms. The number of non-ortho nitro benzene ring substituents is 1. The normalized spacial score (nSPS) is 12.5. The zero-order valence-electron chi connectivity index (χ0n) is 18.4. The first kappa shape index (κ1) is 25.3. The molecule has 0 unspecified atom stereocenters. The van der Waals surface area contributed by atoms with Crippen LogP contribution in [-0.2, 0) is 27.4 Å². The van der Waals surface area contributed by atoms with Crippen LogP contribution in [0.2, 0.25) is 0 Å². The largest absolute Gasteiger partial charge is 0.480 e. The van der Waals surface area contributed by atoms with Crippen molar-refractivity contribution in [3.63, 3.8) is 0 Å². The Labute approximate surface area is 191 Å². The fourth-order valence-corrected chi connectivity index (χ4v) is 3.07. The molecule has 0 saturated heterocycles. The van der Waals surface area contributed by atoms with E-state index in [1.807, 2.05) is 32.0 Å². The number of carboxylic acids is 1. The number of benzene rings is 2. The number of alkyl carbamates (subject to hydrolysis) is 1. The van der Waals surface area contributed by atoms with Gasteiger partial charge in [-0.25, -0.2) is 9.59 Å². The van der Waals surface area contributed by atoms with Gasteiger partial charge in [0.25, 0.3) is 5.69 Å². The van der Waals surface area contributed by atoms with Crippen LogP contribution < -0.4 is 10.6 Å². The fraction of sp³-hybridized carbons (Fsp3) is 0.348. The van der Waals surface area contributed by atoms with E-state index in [0.29, 0.717) is 5.56 Å². The third-order valence-electron chi connectivity index (χ3n) is 4.73. The highest BCUT2D eigenvalue weighted by molar-refractivity contribution is 5.89. The number of aliphatic carboxylic acids is 1. The molecule has 2 aromatic rings. The van der Waals surface area contributed by atoms with E-state index in [9.17, 15) is 29.6 Å². The Morgan fingerprint density at radius 1 is 0.970 bits per heavy atom. The smallest absolute Gasteiger partial charge is 0.408 e. The summed E-state index contributed by atoms with van der Waals surface area (Å²) in [7, 11) is 0. The van der Waals surface area contributed by atoms with Crippen LogP contribution in [0.5, 0.6) is 0 Å². The number of hydrogen-bond acceptors (Lipinski definition) is 6. The van der Waals surface area contributed by atoms with Crippen molar-refractivity contribution in [1.29, 1.82) is 0 Å². The molecule has 0 aliphatic carbocycles. The number of amides is 2. The molecule has 0 fully saturated rings. The molecule has 0 heterocycles. The fourth-order valence-electron chi connectivity index (χ4n) is 3.07. The average Bonchev–Trinajstić information content (AvgIpc) is 2.77. The summed E-state index contributed by atoms with van der Waals surface area (Å²) in [4.78, 5) is 47.0. The van der Waals surface area contributed by atoms with Crippen LogP contribution in [0.1, 0.15) is 31.4 Å². The van der Waals surface area contributed by atoms with Crippen LogP contribution in [0.15, 0.2) is 54.6 Å². The van der Waals surface area contributed by atoms with Crippen LogP contribution in [0.3, 0.4) is 0 Å². The monoisotopic (exact) mass is 457 g/mol. The first-order chi connectivity index (χ1) is 15.7. The van der Waals surface area contributed by atoms with Crippen molar-refractivity contribution >= 4 is 23.7 Å². The Morgan fingerprint density at radius 2 is 1.61 bits per heavy atom. The molecule has 33 heavy (non-hydrogen) atoms. The van der Waals surface area contributed by atoms with Gasteiger partial charge in [0.05, 0.1) is 4.92 Å². The number of nitro groups is 1. The molecule has 0 saturated carbocycles. The molecule has 2 aromatic carbocycles. The van der Waals surface area contributed by atoms with Crippen molar-refractivity contribution in [1.82, 2.24) is 10.6 Å². The van der Waals surface area contributed by atoms with Crippen molar-refractivity contribution in [2.24, 2.45) is 5.92 Å². The summed E-state index contributed by atoms with van der Waals surface area (Å²) in [6.45, 7) is 3.76. The topological polar surface area (TPSA) is 148 Å². The summed E-state index contributed by atoms with van der Waals surface area (Å²) >= 11 is 0. The molecule has 2 rings (SSSR count). The molecule has 176 valence electrons. The Kier molecular flexibility index (Phi) is 9.34. The van der Waals surface area contributed by atoms with E-state index in [4.69, 9.17) is 4.74 Å². The molecular formula is C23H27N3O7. The minimum absolute atomic E-state index is 0.0284. The highest BCUT2D eigenvalue weighted by atomic mass is 16.6. The van der Waals surface area contributed by atoms with E-state index in [1.165, 1.54) is 24.3 Å². The van der Waals surface area contributed by atoms with E-state index in [2.05, 4.69) is 10.6 Å². The van der Waals surface area contributed by atoms with Crippen LogP contribution in [-0.4, -0.2) is 40.1 Å². The summed E-state index contributed by atoms with van der Waals surface area (Å²) in [6, 6.07) is 12.2. The van der Waals surface area contributed by atoms with Gasteiger partial charge in [0.2, 0.25) is 5.91 Å². The second-order valence-corrected chi connectivity index (χ2v) is 7.92. The first-order valence-electron chi connectivity index (χ1n) is 10.4. The second kappa shape index (κ2) is 12.2. The SMILES string of the molecule is CC(C)C[C@H](NC(=O)OCc1ccccc1)C(=O)N[C@H](Cc1ccc([N+](=O)[O-])cc1)C(=O)O. The third-order valence-corrected chi connectivity index (χ3v) is 4.73. The van der Waals surface area contributed by atoms with Crippen molar-refractivity contribution in [3.05, 3.63) is 75.8 Å². The number of carbonyl (C=O) groups is 3. The Bertz CT molecular complexity index is 962. The van der Waals surface area contributed by atoms with Gasteiger partial charge in [-0.3, -0.25) is 14.9 Å². The summed E-state index contributed by atoms with van der Waals surface area (Å²) < 4.78 is 5.17. The molecular weight excluding hydrogens is 430 g/mol. The Morgan fingerprint density at radius 3 is 2.15 bits per heavy atom. The van der Waals surface area contributed by atoms with Gasteiger partial charge in [-0.15, -0.1) is 0 Å². The van der Waals surface area contributed by atoms with E-state index in [0.717, 1.165) is 5.56 Å². The van der Waals surface area contributed by atoms with E-state index >= 15 is 0 Å². The van der Waals surface area contributed by atoms with Gasteiger partial charge in [0, 0.05) is 18.6 Å². The van der Waals surface area contributed by atoms with Crippen molar-refractivity contribution in [2.45, 2.75) is 45.4 Å².